The van der Waals surface area contributed by atoms with Crippen LogP contribution in [0.25, 0.3) is 0 Å². The van der Waals surface area contributed by atoms with Crippen LogP contribution >= 0.6 is 11.3 Å². The lowest BCUT2D eigenvalue weighted by Crippen LogP contribution is -1.99. The first-order valence-corrected chi connectivity index (χ1v) is 6.79. The molecule has 0 atom stereocenters. The SMILES string of the molecule is Cc1cc(C)cc(Nc2nc(C)c(CC(=O)O)s2)c1. The topological polar surface area (TPSA) is 62.2 Å². The highest BCUT2D eigenvalue weighted by molar-refractivity contribution is 7.15. The van der Waals surface area contributed by atoms with Gasteiger partial charge in [0, 0.05) is 10.6 Å². The van der Waals surface area contributed by atoms with Crippen LogP contribution in [0.5, 0.6) is 0 Å². The molecule has 0 spiro atoms. The van der Waals surface area contributed by atoms with Gasteiger partial charge in [-0.05, 0) is 44.0 Å². The van der Waals surface area contributed by atoms with Gasteiger partial charge in [0.2, 0.25) is 0 Å². The molecule has 19 heavy (non-hydrogen) atoms. The van der Waals surface area contributed by atoms with Crippen molar-refractivity contribution >= 4 is 28.1 Å². The van der Waals surface area contributed by atoms with Gasteiger partial charge in [0.15, 0.2) is 5.13 Å². The van der Waals surface area contributed by atoms with E-state index in [1.807, 2.05) is 32.9 Å². The predicted molar refractivity (Wildman–Crippen MR) is 77.4 cm³/mol. The highest BCUT2D eigenvalue weighted by Gasteiger charge is 2.11. The number of carbonyl (C=O) groups is 1. The molecule has 1 aromatic carbocycles. The fraction of sp³-hybridized carbons (Fsp3) is 0.286. The Bertz CT molecular complexity index is 600. The van der Waals surface area contributed by atoms with Crippen molar-refractivity contribution in [3.05, 3.63) is 39.9 Å². The third kappa shape index (κ3) is 3.54. The summed E-state index contributed by atoms with van der Waals surface area (Å²) < 4.78 is 0. The number of aliphatic carboxylic acids is 1. The first-order valence-electron chi connectivity index (χ1n) is 5.97. The van der Waals surface area contributed by atoms with Crippen molar-refractivity contribution in [3.8, 4) is 0 Å². The number of carboxylic acid groups (broad SMARTS) is 1. The Labute approximate surface area is 116 Å². The number of nitrogens with one attached hydrogen (secondary N) is 1. The predicted octanol–water partition coefficient (Wildman–Crippen LogP) is 3.44. The fourth-order valence-corrected chi connectivity index (χ4v) is 2.93. The maximum atomic E-state index is 10.7. The largest absolute Gasteiger partial charge is 0.481 e. The van der Waals surface area contributed by atoms with E-state index in [0.29, 0.717) is 0 Å². The molecule has 0 saturated heterocycles. The van der Waals surface area contributed by atoms with E-state index >= 15 is 0 Å². The number of hydrogen-bond donors (Lipinski definition) is 2. The lowest BCUT2D eigenvalue weighted by atomic mass is 10.1. The van der Waals surface area contributed by atoms with E-state index in [0.717, 1.165) is 21.4 Å². The number of rotatable bonds is 4. The molecule has 2 rings (SSSR count). The van der Waals surface area contributed by atoms with E-state index in [9.17, 15) is 4.79 Å². The maximum Gasteiger partial charge on any atom is 0.308 e. The van der Waals surface area contributed by atoms with Gasteiger partial charge in [-0.25, -0.2) is 4.98 Å². The van der Waals surface area contributed by atoms with Crippen LogP contribution in [-0.4, -0.2) is 16.1 Å². The Morgan fingerprint density at radius 3 is 2.47 bits per heavy atom. The second kappa shape index (κ2) is 5.40. The highest BCUT2D eigenvalue weighted by Crippen LogP contribution is 2.27. The zero-order chi connectivity index (χ0) is 14.0. The van der Waals surface area contributed by atoms with Crippen molar-refractivity contribution in [3.63, 3.8) is 0 Å². The minimum atomic E-state index is -0.829. The molecule has 0 aliphatic rings. The summed E-state index contributed by atoms with van der Waals surface area (Å²) in [6, 6.07) is 6.19. The van der Waals surface area contributed by atoms with E-state index in [1.54, 1.807) is 0 Å². The van der Waals surface area contributed by atoms with Gasteiger partial charge in [0.1, 0.15) is 0 Å². The number of carboxylic acids is 1. The molecular formula is C14H16N2O2S. The molecule has 0 radical (unpaired) electrons. The number of benzene rings is 1. The van der Waals surface area contributed by atoms with Crippen molar-refractivity contribution in [1.82, 2.24) is 4.98 Å². The summed E-state index contributed by atoms with van der Waals surface area (Å²) in [5.41, 5.74) is 4.12. The van der Waals surface area contributed by atoms with Crippen LogP contribution in [0.4, 0.5) is 10.8 Å². The Balaban J connectivity index is 2.21. The summed E-state index contributed by atoms with van der Waals surface area (Å²) in [5, 5.41) is 12.8. The van der Waals surface area contributed by atoms with E-state index in [2.05, 4.69) is 16.4 Å². The third-order valence-corrected chi connectivity index (χ3v) is 3.75. The quantitative estimate of drug-likeness (QED) is 0.898. The molecule has 1 aromatic heterocycles. The fourth-order valence-electron chi connectivity index (χ4n) is 1.95. The van der Waals surface area contributed by atoms with Gasteiger partial charge in [-0.2, -0.15) is 0 Å². The molecule has 2 N–H and O–H groups in total. The van der Waals surface area contributed by atoms with Gasteiger partial charge in [-0.1, -0.05) is 6.07 Å². The smallest absolute Gasteiger partial charge is 0.308 e. The van der Waals surface area contributed by atoms with Crippen molar-refractivity contribution < 1.29 is 9.90 Å². The average Bonchev–Trinajstić information content (AvgIpc) is 2.56. The molecule has 4 nitrogen and oxygen atoms in total. The minimum absolute atomic E-state index is 0.0258. The zero-order valence-corrected chi connectivity index (χ0v) is 12.0. The van der Waals surface area contributed by atoms with Gasteiger partial charge in [-0.3, -0.25) is 4.79 Å². The summed E-state index contributed by atoms with van der Waals surface area (Å²) in [5.74, 6) is -0.829. The number of aromatic nitrogens is 1. The van der Waals surface area contributed by atoms with E-state index in [-0.39, 0.29) is 6.42 Å². The van der Waals surface area contributed by atoms with Gasteiger partial charge in [0.25, 0.3) is 0 Å². The minimum Gasteiger partial charge on any atom is -0.481 e. The third-order valence-electron chi connectivity index (χ3n) is 2.68. The molecule has 0 aliphatic carbocycles. The molecule has 2 aromatic rings. The van der Waals surface area contributed by atoms with Crippen LogP contribution in [0, 0.1) is 20.8 Å². The summed E-state index contributed by atoms with van der Waals surface area (Å²) in [6.07, 6.45) is 0.0258. The first kappa shape index (κ1) is 13.5. The van der Waals surface area contributed by atoms with Crippen molar-refractivity contribution in [1.29, 1.82) is 0 Å². The summed E-state index contributed by atoms with van der Waals surface area (Å²) in [6.45, 7) is 5.92. The number of aryl methyl sites for hydroxylation is 3. The molecule has 100 valence electrons. The Kier molecular flexibility index (Phi) is 3.85. The molecule has 5 heteroatoms. The average molecular weight is 276 g/mol. The van der Waals surface area contributed by atoms with Crippen LogP contribution in [0.3, 0.4) is 0 Å². The van der Waals surface area contributed by atoms with Gasteiger partial charge in [0.05, 0.1) is 12.1 Å². The standard InChI is InChI=1S/C14H16N2O2S/c1-8-4-9(2)6-11(5-8)16-14-15-10(3)12(19-14)7-13(17)18/h4-6H,7H2,1-3H3,(H,15,16)(H,17,18). The number of thiazole rings is 1. The maximum absolute atomic E-state index is 10.7. The number of anilines is 2. The number of nitrogens with zero attached hydrogens (tertiary/aromatic N) is 1. The van der Waals surface area contributed by atoms with Crippen LogP contribution in [0.2, 0.25) is 0 Å². The van der Waals surface area contributed by atoms with Crippen LogP contribution in [-0.2, 0) is 11.2 Å². The molecule has 1 heterocycles. The molecule has 0 aliphatic heterocycles. The Morgan fingerprint density at radius 1 is 1.26 bits per heavy atom. The normalized spacial score (nSPS) is 10.5. The van der Waals surface area contributed by atoms with Gasteiger partial charge in [-0.15, -0.1) is 11.3 Å². The zero-order valence-electron chi connectivity index (χ0n) is 11.2. The molecular weight excluding hydrogens is 260 g/mol. The van der Waals surface area contributed by atoms with Crippen LogP contribution in [0.1, 0.15) is 21.7 Å². The van der Waals surface area contributed by atoms with Crippen molar-refractivity contribution in [2.24, 2.45) is 0 Å². The van der Waals surface area contributed by atoms with Crippen LogP contribution < -0.4 is 5.32 Å². The monoisotopic (exact) mass is 276 g/mol. The van der Waals surface area contributed by atoms with Gasteiger partial charge >= 0.3 is 5.97 Å². The summed E-state index contributed by atoms with van der Waals surface area (Å²) in [4.78, 5) is 15.9. The molecule has 0 amide bonds. The summed E-state index contributed by atoms with van der Waals surface area (Å²) in [7, 11) is 0. The van der Waals surface area contributed by atoms with Crippen molar-refractivity contribution in [2.75, 3.05) is 5.32 Å². The van der Waals surface area contributed by atoms with E-state index in [1.165, 1.54) is 22.5 Å². The molecule has 0 saturated carbocycles. The van der Waals surface area contributed by atoms with E-state index < -0.39 is 5.97 Å². The van der Waals surface area contributed by atoms with Gasteiger partial charge < -0.3 is 10.4 Å². The second-order valence-corrected chi connectivity index (χ2v) is 5.68. The van der Waals surface area contributed by atoms with Crippen molar-refractivity contribution in [2.45, 2.75) is 27.2 Å². The Hall–Kier alpha value is -1.88. The molecule has 0 fully saturated rings. The second-order valence-electron chi connectivity index (χ2n) is 4.60. The lowest BCUT2D eigenvalue weighted by Gasteiger charge is -2.05. The first-order chi connectivity index (χ1) is 8.94. The van der Waals surface area contributed by atoms with E-state index in [4.69, 9.17) is 5.11 Å². The summed E-state index contributed by atoms with van der Waals surface area (Å²) >= 11 is 1.39. The molecule has 0 bridgehead atoms. The molecule has 0 unspecified atom stereocenters. The lowest BCUT2D eigenvalue weighted by molar-refractivity contribution is -0.136. The highest BCUT2D eigenvalue weighted by atomic mass is 32.1. The Morgan fingerprint density at radius 2 is 1.89 bits per heavy atom. The van der Waals surface area contributed by atoms with Crippen LogP contribution in [0.15, 0.2) is 18.2 Å². The number of hydrogen-bond acceptors (Lipinski definition) is 4.